The molecule has 0 aliphatic carbocycles. The first-order valence-corrected chi connectivity index (χ1v) is 4.57. The van der Waals surface area contributed by atoms with Crippen molar-refractivity contribution in [3.05, 3.63) is 36.3 Å². The minimum atomic E-state index is -0.222. The zero-order valence-electron chi connectivity index (χ0n) is 7.68. The van der Waals surface area contributed by atoms with E-state index in [-0.39, 0.29) is 12.1 Å². The predicted molar refractivity (Wildman–Crippen MR) is 49.7 cm³/mol. The predicted octanol–water partition coefficient (Wildman–Crippen LogP) is 1.18. The van der Waals surface area contributed by atoms with Crippen LogP contribution < -0.4 is 0 Å². The summed E-state index contributed by atoms with van der Waals surface area (Å²) in [6, 6.07) is 5.16. The highest BCUT2D eigenvalue weighted by Gasteiger charge is 2.29. The van der Waals surface area contributed by atoms with Crippen LogP contribution in [0.15, 0.2) is 24.4 Å². The second-order valence-corrected chi connectivity index (χ2v) is 3.19. The van der Waals surface area contributed by atoms with Gasteiger partial charge in [-0.05, 0) is 18.6 Å². The largest absolute Gasteiger partial charge is 0.367 e. The van der Waals surface area contributed by atoms with E-state index in [9.17, 15) is 9.90 Å². The molecule has 1 amide bonds. The highest BCUT2D eigenvalue weighted by Crippen LogP contribution is 2.22. The van der Waals surface area contributed by atoms with Gasteiger partial charge >= 0.3 is 0 Å². The molecule has 4 heteroatoms. The molecule has 2 rings (SSSR count). The third-order valence-corrected chi connectivity index (χ3v) is 2.22. The summed E-state index contributed by atoms with van der Waals surface area (Å²) in [7, 11) is 0. The van der Waals surface area contributed by atoms with Crippen molar-refractivity contribution < 1.29 is 9.90 Å². The van der Waals surface area contributed by atoms with Crippen LogP contribution >= 0.6 is 0 Å². The van der Waals surface area contributed by atoms with E-state index < -0.39 is 0 Å². The summed E-state index contributed by atoms with van der Waals surface area (Å²) in [4.78, 5) is 17.1. The summed E-state index contributed by atoms with van der Waals surface area (Å²) in [5.74, 6) is -0.222. The summed E-state index contributed by atoms with van der Waals surface area (Å²) in [6.45, 7) is 0.585. The van der Waals surface area contributed by atoms with Crippen LogP contribution in [0.3, 0.4) is 0 Å². The van der Waals surface area contributed by atoms with Gasteiger partial charge < -0.3 is 10.0 Å². The van der Waals surface area contributed by atoms with E-state index in [2.05, 4.69) is 4.98 Å². The van der Waals surface area contributed by atoms with E-state index >= 15 is 0 Å². The van der Waals surface area contributed by atoms with Gasteiger partial charge in [0, 0.05) is 19.2 Å². The Bertz CT molecular complexity index is 326. The first kappa shape index (κ1) is 9.15. The number of hydrogen-bond donors (Lipinski definition) is 1. The molecule has 14 heavy (non-hydrogen) atoms. The molecule has 1 aliphatic heterocycles. The van der Waals surface area contributed by atoms with Gasteiger partial charge in [-0.1, -0.05) is 6.07 Å². The van der Waals surface area contributed by atoms with Crippen LogP contribution in [0.1, 0.15) is 23.3 Å². The van der Waals surface area contributed by atoms with Gasteiger partial charge in [-0.15, -0.1) is 0 Å². The van der Waals surface area contributed by atoms with Crippen molar-refractivity contribution in [2.45, 2.75) is 12.8 Å². The van der Waals surface area contributed by atoms with Crippen molar-refractivity contribution in [2.24, 2.45) is 0 Å². The van der Waals surface area contributed by atoms with Crippen LogP contribution in [0.4, 0.5) is 0 Å². The van der Waals surface area contributed by atoms with Crippen LogP contribution in [0.2, 0.25) is 0 Å². The summed E-state index contributed by atoms with van der Waals surface area (Å²) in [5.41, 5.74) is 0.376. The van der Waals surface area contributed by atoms with E-state index in [1.165, 1.54) is 4.90 Å². The molecule has 1 radical (unpaired) electrons. The lowest BCUT2D eigenvalue weighted by Crippen LogP contribution is -2.30. The number of rotatable bonds is 1. The number of likely N-dealkylation sites (tertiary alicyclic amines) is 1. The average molecular weight is 191 g/mol. The summed E-state index contributed by atoms with van der Waals surface area (Å²) in [5, 5.41) is 9.41. The third kappa shape index (κ3) is 1.61. The average Bonchev–Trinajstić information content (AvgIpc) is 2.65. The summed E-state index contributed by atoms with van der Waals surface area (Å²) >= 11 is 0. The summed E-state index contributed by atoms with van der Waals surface area (Å²) in [6.07, 6.45) is 3.13. The summed E-state index contributed by atoms with van der Waals surface area (Å²) < 4.78 is 0. The standard InChI is InChI=1S/C10H11N2O2/c13-9-5-3-7-12(9)10(14)8-4-1-2-6-11-8/h1-2,4,6,13H,3,5,7H2. The molecule has 0 bridgehead atoms. The molecule has 1 aliphatic rings. The van der Waals surface area contributed by atoms with Crippen LogP contribution in [-0.2, 0) is 0 Å². The Kier molecular flexibility index (Phi) is 2.45. The van der Waals surface area contributed by atoms with E-state index in [4.69, 9.17) is 0 Å². The quantitative estimate of drug-likeness (QED) is 0.725. The molecule has 0 aromatic carbocycles. The second-order valence-electron chi connectivity index (χ2n) is 3.19. The zero-order chi connectivity index (χ0) is 9.97. The fourth-order valence-corrected chi connectivity index (χ4v) is 1.51. The lowest BCUT2D eigenvalue weighted by atomic mass is 10.3. The molecule has 0 saturated carbocycles. The molecule has 4 nitrogen and oxygen atoms in total. The van der Waals surface area contributed by atoms with Gasteiger partial charge in [-0.2, -0.15) is 0 Å². The number of aliphatic hydroxyl groups is 1. The lowest BCUT2D eigenvalue weighted by Gasteiger charge is -2.17. The second kappa shape index (κ2) is 3.75. The van der Waals surface area contributed by atoms with Crippen molar-refractivity contribution in [1.82, 2.24) is 9.88 Å². The SMILES string of the molecule is O=C(c1ccccn1)N1CCC[C]1O. The van der Waals surface area contributed by atoms with E-state index in [1.807, 2.05) is 0 Å². The van der Waals surface area contributed by atoms with Crippen molar-refractivity contribution in [2.75, 3.05) is 6.54 Å². The fourth-order valence-electron chi connectivity index (χ4n) is 1.51. The molecule has 1 N–H and O–H groups in total. The van der Waals surface area contributed by atoms with E-state index in [0.717, 1.165) is 6.42 Å². The van der Waals surface area contributed by atoms with Crippen molar-refractivity contribution >= 4 is 5.91 Å². The number of hydrogen-bond acceptors (Lipinski definition) is 3. The Morgan fingerprint density at radius 2 is 2.36 bits per heavy atom. The molecule has 2 heterocycles. The number of aliphatic hydroxyl groups excluding tert-OH is 1. The smallest absolute Gasteiger partial charge is 0.274 e. The fraction of sp³-hybridized carbons (Fsp3) is 0.300. The monoisotopic (exact) mass is 191 g/mol. The molecule has 1 aromatic rings. The Labute approximate surface area is 82.2 Å². The molecule has 0 atom stereocenters. The van der Waals surface area contributed by atoms with Gasteiger partial charge in [0.05, 0.1) is 0 Å². The maximum atomic E-state index is 11.7. The normalized spacial score (nSPS) is 17.4. The number of carbonyl (C=O) groups excluding carboxylic acids is 1. The number of amides is 1. The van der Waals surface area contributed by atoms with Gasteiger partial charge in [-0.25, -0.2) is 0 Å². The number of carbonyl (C=O) groups is 1. The molecule has 73 valence electrons. The zero-order valence-corrected chi connectivity index (χ0v) is 7.68. The molecule has 0 spiro atoms. The number of nitrogens with zero attached hydrogens (tertiary/aromatic N) is 2. The Hall–Kier alpha value is -1.42. The molecule has 0 unspecified atom stereocenters. The van der Waals surface area contributed by atoms with E-state index in [1.54, 1.807) is 24.4 Å². The highest BCUT2D eigenvalue weighted by molar-refractivity contribution is 5.93. The van der Waals surface area contributed by atoms with Crippen molar-refractivity contribution in [3.63, 3.8) is 0 Å². The third-order valence-electron chi connectivity index (χ3n) is 2.22. The maximum absolute atomic E-state index is 11.7. The molecule has 1 saturated heterocycles. The molecule has 1 aromatic heterocycles. The Balaban J connectivity index is 2.16. The van der Waals surface area contributed by atoms with Crippen molar-refractivity contribution in [3.8, 4) is 0 Å². The van der Waals surface area contributed by atoms with Gasteiger partial charge in [0.1, 0.15) is 5.69 Å². The maximum Gasteiger partial charge on any atom is 0.274 e. The molecular weight excluding hydrogens is 180 g/mol. The van der Waals surface area contributed by atoms with Crippen LogP contribution in [0.25, 0.3) is 0 Å². The van der Waals surface area contributed by atoms with Crippen LogP contribution in [-0.4, -0.2) is 27.4 Å². The molecule has 1 fully saturated rings. The van der Waals surface area contributed by atoms with Crippen molar-refractivity contribution in [1.29, 1.82) is 0 Å². The first-order chi connectivity index (χ1) is 6.79. The Morgan fingerprint density at radius 3 is 2.93 bits per heavy atom. The topological polar surface area (TPSA) is 53.4 Å². The van der Waals surface area contributed by atoms with Crippen LogP contribution in [0, 0.1) is 6.23 Å². The first-order valence-electron chi connectivity index (χ1n) is 4.57. The highest BCUT2D eigenvalue weighted by atomic mass is 16.3. The lowest BCUT2D eigenvalue weighted by molar-refractivity contribution is 0.0652. The van der Waals surface area contributed by atoms with Gasteiger partial charge in [0.15, 0.2) is 6.23 Å². The molecular formula is C10H11N2O2. The van der Waals surface area contributed by atoms with Gasteiger partial charge in [0.25, 0.3) is 5.91 Å². The van der Waals surface area contributed by atoms with Crippen LogP contribution in [0.5, 0.6) is 0 Å². The minimum Gasteiger partial charge on any atom is -0.367 e. The van der Waals surface area contributed by atoms with E-state index in [0.29, 0.717) is 18.7 Å². The number of pyridine rings is 1. The number of aromatic nitrogens is 1. The Morgan fingerprint density at radius 1 is 1.50 bits per heavy atom. The minimum absolute atomic E-state index is 0.153. The van der Waals surface area contributed by atoms with Gasteiger partial charge in [0.2, 0.25) is 0 Å². The van der Waals surface area contributed by atoms with Gasteiger partial charge in [-0.3, -0.25) is 9.78 Å².